The van der Waals surface area contributed by atoms with Crippen LogP contribution in [0.5, 0.6) is 5.75 Å². The fourth-order valence-corrected chi connectivity index (χ4v) is 2.94. The van der Waals surface area contributed by atoms with Crippen LogP contribution < -0.4 is 10.1 Å². The summed E-state index contributed by atoms with van der Waals surface area (Å²) in [7, 11) is 1.53. The van der Waals surface area contributed by atoms with Gasteiger partial charge >= 0.3 is 5.97 Å². The van der Waals surface area contributed by atoms with Crippen LogP contribution in [0.2, 0.25) is 0 Å². The monoisotopic (exact) mass is 355 g/mol. The molecule has 2 aromatic rings. The number of hydrogen-bond acceptors (Lipinski definition) is 4. The number of amides is 1. The lowest BCUT2D eigenvalue weighted by Gasteiger charge is -2.17. The SMILES string of the molecule is COc1ccccc1NC(=O)COC(=O)c1c(C)c(C)c(C)c(C)c1C. The Labute approximate surface area is 154 Å². The Hall–Kier alpha value is -2.82. The minimum Gasteiger partial charge on any atom is -0.495 e. The summed E-state index contributed by atoms with van der Waals surface area (Å²) < 4.78 is 10.4. The first-order valence-electron chi connectivity index (χ1n) is 8.44. The maximum Gasteiger partial charge on any atom is 0.339 e. The fourth-order valence-electron chi connectivity index (χ4n) is 2.94. The van der Waals surface area contributed by atoms with Gasteiger partial charge in [-0.3, -0.25) is 4.79 Å². The van der Waals surface area contributed by atoms with E-state index in [1.54, 1.807) is 18.2 Å². The molecule has 5 nitrogen and oxygen atoms in total. The number of benzene rings is 2. The molecule has 0 aliphatic rings. The molecule has 138 valence electrons. The van der Waals surface area contributed by atoms with Crippen molar-refractivity contribution in [1.29, 1.82) is 0 Å². The molecule has 0 aliphatic heterocycles. The van der Waals surface area contributed by atoms with Crippen molar-refractivity contribution in [1.82, 2.24) is 0 Å². The summed E-state index contributed by atoms with van der Waals surface area (Å²) in [4.78, 5) is 24.7. The Bertz CT molecular complexity index is 826. The number of para-hydroxylation sites is 2. The zero-order valence-corrected chi connectivity index (χ0v) is 16.1. The van der Waals surface area contributed by atoms with Gasteiger partial charge in [0, 0.05) is 0 Å². The highest BCUT2D eigenvalue weighted by Gasteiger charge is 2.20. The van der Waals surface area contributed by atoms with Crippen LogP contribution in [0.1, 0.15) is 38.2 Å². The van der Waals surface area contributed by atoms with Gasteiger partial charge in [-0.25, -0.2) is 4.79 Å². The van der Waals surface area contributed by atoms with Crippen LogP contribution in [0.25, 0.3) is 0 Å². The average Bonchev–Trinajstić information content (AvgIpc) is 2.63. The molecular formula is C21H25NO4. The van der Waals surface area contributed by atoms with Crippen molar-refractivity contribution >= 4 is 17.6 Å². The van der Waals surface area contributed by atoms with Crippen LogP contribution in [-0.2, 0) is 9.53 Å². The standard InChI is InChI=1S/C21H25NO4/c1-12-13(2)15(4)20(16(5)14(12)3)21(24)26-11-19(23)22-17-9-7-8-10-18(17)25-6/h7-10H,11H2,1-6H3,(H,22,23). The van der Waals surface area contributed by atoms with Crippen molar-refractivity contribution in [2.45, 2.75) is 34.6 Å². The van der Waals surface area contributed by atoms with Gasteiger partial charge < -0.3 is 14.8 Å². The largest absolute Gasteiger partial charge is 0.495 e. The minimum atomic E-state index is -0.485. The summed E-state index contributed by atoms with van der Waals surface area (Å²) in [6.07, 6.45) is 0. The van der Waals surface area contributed by atoms with Gasteiger partial charge in [-0.05, 0) is 74.6 Å². The summed E-state index contributed by atoms with van der Waals surface area (Å²) in [6, 6.07) is 7.06. The van der Waals surface area contributed by atoms with Gasteiger partial charge in [0.25, 0.3) is 5.91 Å². The first-order valence-corrected chi connectivity index (χ1v) is 8.44. The third-order valence-corrected chi connectivity index (χ3v) is 4.92. The van der Waals surface area contributed by atoms with E-state index in [2.05, 4.69) is 5.32 Å². The number of esters is 1. The van der Waals surface area contributed by atoms with E-state index in [0.29, 0.717) is 17.0 Å². The molecule has 26 heavy (non-hydrogen) atoms. The van der Waals surface area contributed by atoms with Gasteiger partial charge in [0.1, 0.15) is 5.75 Å². The lowest BCUT2D eigenvalue weighted by Crippen LogP contribution is -2.22. The Kier molecular flexibility index (Phi) is 6.03. The number of methoxy groups -OCH3 is 1. The van der Waals surface area contributed by atoms with E-state index in [1.165, 1.54) is 12.7 Å². The molecule has 2 rings (SSSR count). The average molecular weight is 355 g/mol. The van der Waals surface area contributed by atoms with Crippen LogP contribution in [0.3, 0.4) is 0 Å². The predicted molar refractivity (Wildman–Crippen MR) is 102 cm³/mol. The van der Waals surface area contributed by atoms with Crippen LogP contribution in [0.15, 0.2) is 24.3 Å². The molecular weight excluding hydrogens is 330 g/mol. The topological polar surface area (TPSA) is 64.6 Å². The molecule has 0 aliphatic carbocycles. The normalized spacial score (nSPS) is 10.4. The molecule has 0 saturated carbocycles. The first kappa shape index (κ1) is 19.5. The summed E-state index contributed by atoms with van der Waals surface area (Å²) in [6.45, 7) is 9.47. The molecule has 0 fully saturated rings. The number of hydrogen-bond donors (Lipinski definition) is 1. The van der Waals surface area contributed by atoms with Crippen molar-refractivity contribution in [2.24, 2.45) is 0 Å². The maximum absolute atomic E-state index is 12.6. The molecule has 0 radical (unpaired) electrons. The first-order chi connectivity index (χ1) is 12.3. The van der Waals surface area contributed by atoms with Crippen LogP contribution in [-0.4, -0.2) is 25.6 Å². The second-order valence-electron chi connectivity index (χ2n) is 6.32. The smallest absolute Gasteiger partial charge is 0.339 e. The van der Waals surface area contributed by atoms with Gasteiger partial charge in [-0.2, -0.15) is 0 Å². The predicted octanol–water partition coefficient (Wildman–Crippen LogP) is 4.03. The van der Waals surface area contributed by atoms with Crippen LogP contribution in [0.4, 0.5) is 5.69 Å². The molecule has 2 aromatic carbocycles. The summed E-state index contributed by atoms with van der Waals surface area (Å²) >= 11 is 0. The van der Waals surface area contributed by atoms with Gasteiger partial charge in [-0.1, -0.05) is 12.1 Å². The quantitative estimate of drug-likeness (QED) is 0.823. The van der Waals surface area contributed by atoms with Gasteiger partial charge in [0.2, 0.25) is 0 Å². The van der Waals surface area contributed by atoms with E-state index in [0.717, 1.165) is 22.3 Å². The third-order valence-electron chi connectivity index (χ3n) is 4.92. The van der Waals surface area contributed by atoms with E-state index in [4.69, 9.17) is 9.47 Å². The highest BCUT2D eigenvalue weighted by atomic mass is 16.5. The molecule has 1 N–H and O–H groups in total. The maximum atomic E-state index is 12.6. The Balaban J connectivity index is 2.11. The number of nitrogens with one attached hydrogen (secondary N) is 1. The van der Waals surface area contributed by atoms with Crippen molar-refractivity contribution in [2.75, 3.05) is 19.0 Å². The van der Waals surface area contributed by atoms with Crippen molar-refractivity contribution in [3.63, 3.8) is 0 Å². The van der Waals surface area contributed by atoms with Gasteiger partial charge in [0.05, 0.1) is 18.4 Å². The molecule has 0 saturated heterocycles. The van der Waals surface area contributed by atoms with Crippen molar-refractivity contribution in [3.8, 4) is 5.75 Å². The third kappa shape index (κ3) is 3.87. The summed E-state index contributed by atoms with van der Waals surface area (Å²) in [5.74, 6) is -0.358. The Morgan fingerprint density at radius 1 is 0.885 bits per heavy atom. The lowest BCUT2D eigenvalue weighted by atomic mass is 9.90. The molecule has 0 unspecified atom stereocenters. The van der Waals surface area contributed by atoms with Gasteiger partial charge in [0.15, 0.2) is 6.61 Å². The van der Waals surface area contributed by atoms with Gasteiger partial charge in [-0.15, -0.1) is 0 Å². The molecule has 5 heteroatoms. The zero-order valence-electron chi connectivity index (χ0n) is 16.1. The van der Waals surface area contributed by atoms with Crippen LogP contribution >= 0.6 is 0 Å². The second-order valence-corrected chi connectivity index (χ2v) is 6.32. The molecule has 0 heterocycles. The molecule has 0 spiro atoms. The second kappa shape index (κ2) is 8.04. The van der Waals surface area contributed by atoms with E-state index < -0.39 is 11.9 Å². The highest BCUT2D eigenvalue weighted by Crippen LogP contribution is 2.27. The molecule has 0 atom stereocenters. The molecule has 0 aromatic heterocycles. The number of ether oxygens (including phenoxy) is 2. The fraction of sp³-hybridized carbons (Fsp3) is 0.333. The van der Waals surface area contributed by atoms with E-state index >= 15 is 0 Å². The lowest BCUT2D eigenvalue weighted by molar-refractivity contribution is -0.119. The van der Waals surface area contributed by atoms with E-state index in [9.17, 15) is 9.59 Å². The summed E-state index contributed by atoms with van der Waals surface area (Å²) in [5.41, 5.74) is 6.16. The Morgan fingerprint density at radius 3 is 2.00 bits per heavy atom. The van der Waals surface area contributed by atoms with Crippen LogP contribution in [0, 0.1) is 34.6 Å². The Morgan fingerprint density at radius 2 is 1.42 bits per heavy atom. The van der Waals surface area contributed by atoms with Crippen molar-refractivity contribution in [3.05, 3.63) is 57.6 Å². The van der Waals surface area contributed by atoms with E-state index in [-0.39, 0.29) is 6.61 Å². The molecule has 0 bridgehead atoms. The van der Waals surface area contributed by atoms with Crippen molar-refractivity contribution < 1.29 is 19.1 Å². The number of rotatable bonds is 5. The molecule has 1 amide bonds. The summed E-state index contributed by atoms with van der Waals surface area (Å²) in [5, 5.41) is 2.69. The number of carbonyl (C=O) groups excluding carboxylic acids is 2. The minimum absolute atomic E-state index is 0.359. The number of carbonyl (C=O) groups is 2. The van der Waals surface area contributed by atoms with E-state index in [1.807, 2.05) is 40.7 Å². The zero-order chi connectivity index (χ0) is 19.4. The number of anilines is 1. The highest BCUT2D eigenvalue weighted by molar-refractivity contribution is 5.98.